The monoisotopic (exact) mass is 713 g/mol. The molecule has 296 valence electrons. The number of unbranched alkanes of at least 4 members (excludes halogenated alkanes) is 30. The molecule has 0 spiro atoms. The first-order valence-electron chi connectivity index (χ1n) is 22.3. The first kappa shape index (κ1) is 46.8. The van der Waals surface area contributed by atoms with E-state index in [9.17, 15) is 9.59 Å². The maximum atomic E-state index is 12.7. The van der Waals surface area contributed by atoms with Crippen molar-refractivity contribution in [1.29, 1.82) is 0 Å². The predicted octanol–water partition coefficient (Wildman–Crippen LogP) is 14.8. The number of nitrogens with one attached hydrogen (secondary N) is 4. The second-order valence-corrected chi connectivity index (χ2v) is 15.4. The zero-order chi connectivity index (χ0) is 36.9. The summed E-state index contributed by atoms with van der Waals surface area (Å²) in [6.07, 6.45) is 42.9. The summed E-state index contributed by atoms with van der Waals surface area (Å²) in [5, 5.41) is 11.9. The topological polar surface area (TPSA) is 82.3 Å². The third-order valence-corrected chi connectivity index (χ3v) is 10.4. The Labute approximate surface area is 316 Å². The van der Waals surface area contributed by atoms with Crippen molar-refractivity contribution in [2.45, 2.75) is 226 Å². The highest BCUT2D eigenvalue weighted by Gasteiger charge is 2.12. The molecule has 6 heteroatoms. The summed E-state index contributed by atoms with van der Waals surface area (Å²) in [6, 6.07) is 5.25. The second-order valence-electron chi connectivity index (χ2n) is 15.4. The van der Waals surface area contributed by atoms with Gasteiger partial charge in [0.1, 0.15) is 0 Å². The van der Waals surface area contributed by atoms with Crippen LogP contribution >= 0.6 is 0 Å². The van der Waals surface area contributed by atoms with Gasteiger partial charge in [0.25, 0.3) is 0 Å². The Morgan fingerprint density at radius 2 is 0.706 bits per heavy atom. The molecule has 1 aromatic carbocycles. The number of urea groups is 2. The van der Waals surface area contributed by atoms with Crippen molar-refractivity contribution in [3.63, 3.8) is 0 Å². The van der Waals surface area contributed by atoms with Crippen molar-refractivity contribution in [2.24, 2.45) is 0 Å². The van der Waals surface area contributed by atoms with E-state index in [-0.39, 0.29) is 12.1 Å². The fourth-order valence-electron chi connectivity index (χ4n) is 7.01. The Hall–Kier alpha value is -2.24. The Morgan fingerprint density at radius 3 is 1.04 bits per heavy atom. The number of anilines is 2. The van der Waals surface area contributed by atoms with Crippen LogP contribution < -0.4 is 21.3 Å². The molecule has 0 aliphatic carbocycles. The number of hydrogen-bond acceptors (Lipinski definition) is 2. The third kappa shape index (κ3) is 30.0. The van der Waals surface area contributed by atoms with Gasteiger partial charge in [0.05, 0.1) is 11.4 Å². The van der Waals surface area contributed by atoms with Crippen LogP contribution in [-0.4, -0.2) is 25.2 Å². The number of aryl methyl sites for hydroxylation is 1. The average Bonchev–Trinajstić information content (AvgIpc) is 3.12. The van der Waals surface area contributed by atoms with Crippen LogP contribution in [0.4, 0.5) is 21.0 Å². The molecule has 0 saturated carbocycles. The van der Waals surface area contributed by atoms with Crippen LogP contribution in [0.25, 0.3) is 0 Å². The normalized spacial score (nSPS) is 11.1. The number of hydrogen-bond donors (Lipinski definition) is 4. The van der Waals surface area contributed by atoms with Crippen molar-refractivity contribution in [2.75, 3.05) is 23.7 Å². The molecule has 4 N–H and O–H groups in total. The molecule has 0 aromatic heterocycles. The summed E-state index contributed by atoms with van der Waals surface area (Å²) < 4.78 is 0. The molecular weight excluding hydrogens is 629 g/mol. The van der Waals surface area contributed by atoms with Crippen LogP contribution in [0.1, 0.15) is 225 Å². The van der Waals surface area contributed by atoms with Crippen LogP contribution in [0.5, 0.6) is 0 Å². The number of carbonyl (C=O) groups excluding carboxylic acids is 2. The highest BCUT2D eigenvalue weighted by molar-refractivity contribution is 5.99. The Kier molecular flexibility index (Phi) is 33.1. The first-order chi connectivity index (χ1) is 25.1. The largest absolute Gasteiger partial charge is 0.338 e. The van der Waals surface area contributed by atoms with Gasteiger partial charge in [-0.3, -0.25) is 0 Å². The number of carbonyl (C=O) groups is 2. The smallest absolute Gasteiger partial charge is 0.319 e. The summed E-state index contributed by atoms with van der Waals surface area (Å²) in [7, 11) is 0. The van der Waals surface area contributed by atoms with Crippen LogP contribution in [-0.2, 0) is 0 Å². The zero-order valence-corrected chi connectivity index (χ0v) is 34.1. The fraction of sp³-hybridized carbons (Fsp3) is 0.822. The van der Waals surface area contributed by atoms with Gasteiger partial charge in [-0.2, -0.15) is 0 Å². The molecule has 1 aromatic rings. The van der Waals surface area contributed by atoms with Gasteiger partial charge in [0.2, 0.25) is 0 Å². The minimum absolute atomic E-state index is 0.220. The summed E-state index contributed by atoms with van der Waals surface area (Å²) in [5.41, 5.74) is 2.19. The minimum atomic E-state index is -0.224. The van der Waals surface area contributed by atoms with Crippen LogP contribution in [0.2, 0.25) is 0 Å². The fourth-order valence-corrected chi connectivity index (χ4v) is 7.01. The van der Waals surface area contributed by atoms with Crippen LogP contribution in [0.15, 0.2) is 18.2 Å². The molecule has 0 aliphatic heterocycles. The van der Waals surface area contributed by atoms with Gasteiger partial charge >= 0.3 is 12.1 Å². The van der Waals surface area contributed by atoms with Crippen molar-refractivity contribution >= 4 is 23.4 Å². The maximum Gasteiger partial charge on any atom is 0.319 e. The van der Waals surface area contributed by atoms with E-state index >= 15 is 0 Å². The molecule has 0 aliphatic rings. The predicted molar refractivity (Wildman–Crippen MR) is 224 cm³/mol. The molecule has 0 saturated heterocycles. The van der Waals surface area contributed by atoms with Gasteiger partial charge in [-0.05, 0) is 31.4 Å². The lowest BCUT2D eigenvalue weighted by atomic mass is 10.0. The van der Waals surface area contributed by atoms with E-state index in [1.807, 2.05) is 25.1 Å². The Bertz CT molecular complexity index is 937. The first-order valence-corrected chi connectivity index (χ1v) is 22.3. The minimum Gasteiger partial charge on any atom is -0.338 e. The van der Waals surface area contributed by atoms with Crippen molar-refractivity contribution in [3.8, 4) is 0 Å². The summed E-state index contributed by atoms with van der Waals surface area (Å²) in [5.74, 6) is 0. The zero-order valence-electron chi connectivity index (χ0n) is 34.1. The molecule has 0 heterocycles. The van der Waals surface area contributed by atoms with E-state index in [4.69, 9.17) is 0 Å². The summed E-state index contributed by atoms with van der Waals surface area (Å²) >= 11 is 0. The average molecular weight is 713 g/mol. The standard InChI is InChI=1S/C45H84N4O2/c1-4-6-8-10-12-14-16-18-20-22-24-26-28-30-32-34-39-46-44(50)48-42-38-36-37-41(3)43(42)49-45(51)47-40-35-33-31-29-27-25-23-21-19-17-15-13-11-9-7-5-2/h36-38H,4-35,39-40H2,1-3H3,(H2,46,48,50)(H2,47,49,51). The van der Waals surface area contributed by atoms with Crippen molar-refractivity contribution in [1.82, 2.24) is 10.6 Å². The molecular formula is C45H84N4O2. The van der Waals surface area contributed by atoms with E-state index in [0.29, 0.717) is 24.5 Å². The lowest BCUT2D eigenvalue weighted by molar-refractivity contribution is 0.250. The molecule has 4 amide bonds. The van der Waals surface area contributed by atoms with E-state index in [1.165, 1.54) is 180 Å². The van der Waals surface area contributed by atoms with Crippen LogP contribution in [0.3, 0.4) is 0 Å². The highest BCUT2D eigenvalue weighted by Crippen LogP contribution is 2.25. The van der Waals surface area contributed by atoms with Gasteiger partial charge in [-0.15, -0.1) is 0 Å². The summed E-state index contributed by atoms with van der Waals surface area (Å²) in [6.45, 7) is 7.85. The molecule has 1 rings (SSSR count). The van der Waals surface area contributed by atoms with Gasteiger partial charge in [-0.25, -0.2) is 9.59 Å². The Balaban J connectivity index is 2.03. The molecule has 0 atom stereocenters. The molecule has 0 radical (unpaired) electrons. The highest BCUT2D eigenvalue weighted by atomic mass is 16.2. The van der Waals surface area contributed by atoms with E-state index in [2.05, 4.69) is 35.1 Å². The summed E-state index contributed by atoms with van der Waals surface area (Å²) in [4.78, 5) is 25.3. The lowest BCUT2D eigenvalue weighted by Crippen LogP contribution is -2.32. The third-order valence-electron chi connectivity index (χ3n) is 10.4. The van der Waals surface area contributed by atoms with Gasteiger partial charge in [0.15, 0.2) is 0 Å². The quantitative estimate of drug-likeness (QED) is 0.0522. The maximum absolute atomic E-state index is 12.7. The number of amides is 4. The number of para-hydroxylation sites is 1. The molecule has 6 nitrogen and oxygen atoms in total. The second kappa shape index (κ2) is 36.1. The number of rotatable bonds is 36. The molecule has 51 heavy (non-hydrogen) atoms. The number of benzene rings is 1. The van der Waals surface area contributed by atoms with Crippen molar-refractivity contribution < 1.29 is 9.59 Å². The van der Waals surface area contributed by atoms with Gasteiger partial charge in [-0.1, -0.05) is 219 Å². The van der Waals surface area contributed by atoms with E-state index in [1.54, 1.807) is 0 Å². The SMILES string of the molecule is CCCCCCCCCCCCCCCCCCNC(=O)Nc1cccc(C)c1NC(=O)NCCCCCCCCCCCCCCCCCC. The van der Waals surface area contributed by atoms with E-state index in [0.717, 1.165) is 31.2 Å². The molecule has 0 fully saturated rings. The van der Waals surface area contributed by atoms with E-state index < -0.39 is 0 Å². The molecule has 0 bridgehead atoms. The lowest BCUT2D eigenvalue weighted by Gasteiger charge is -2.16. The Morgan fingerprint density at radius 1 is 0.412 bits per heavy atom. The van der Waals surface area contributed by atoms with Crippen molar-refractivity contribution in [3.05, 3.63) is 23.8 Å². The molecule has 0 unspecified atom stereocenters. The van der Waals surface area contributed by atoms with Gasteiger partial charge < -0.3 is 21.3 Å². The van der Waals surface area contributed by atoms with Crippen LogP contribution in [0, 0.1) is 6.92 Å². The van der Waals surface area contributed by atoms with Gasteiger partial charge in [0, 0.05) is 13.1 Å².